The van der Waals surface area contributed by atoms with E-state index in [9.17, 15) is 9.18 Å². The molecule has 0 aromatic heterocycles. The van der Waals surface area contributed by atoms with Crippen LogP contribution in [-0.2, 0) is 4.79 Å². The van der Waals surface area contributed by atoms with Crippen LogP contribution in [0.5, 0.6) is 0 Å². The zero-order valence-corrected chi connectivity index (χ0v) is 9.54. The van der Waals surface area contributed by atoms with E-state index in [4.69, 9.17) is 22.4 Å². The summed E-state index contributed by atoms with van der Waals surface area (Å²) in [7, 11) is 0. The standard InChI is InChI=1S/C11H13ClFNO2/c1-2-7(11(15)16)10(14)6-3-4-9(13)8(12)5-6/h3-5,7,10H,2,14H2,1H3,(H,15,16). The van der Waals surface area contributed by atoms with Crippen LogP contribution in [0.3, 0.4) is 0 Å². The van der Waals surface area contributed by atoms with Gasteiger partial charge in [-0.3, -0.25) is 4.79 Å². The summed E-state index contributed by atoms with van der Waals surface area (Å²) in [5.41, 5.74) is 6.34. The molecule has 2 atom stereocenters. The molecule has 88 valence electrons. The monoisotopic (exact) mass is 245 g/mol. The Morgan fingerprint density at radius 2 is 2.25 bits per heavy atom. The largest absolute Gasteiger partial charge is 0.481 e. The minimum atomic E-state index is -0.963. The fourth-order valence-electron chi connectivity index (χ4n) is 1.53. The molecule has 1 aromatic rings. The summed E-state index contributed by atoms with van der Waals surface area (Å²) in [4.78, 5) is 10.9. The molecule has 5 heteroatoms. The highest BCUT2D eigenvalue weighted by Gasteiger charge is 2.24. The van der Waals surface area contributed by atoms with Crippen molar-refractivity contribution in [2.45, 2.75) is 19.4 Å². The van der Waals surface area contributed by atoms with Crippen LogP contribution in [-0.4, -0.2) is 11.1 Å². The van der Waals surface area contributed by atoms with Gasteiger partial charge in [-0.1, -0.05) is 24.6 Å². The molecule has 1 rings (SSSR count). The van der Waals surface area contributed by atoms with E-state index in [2.05, 4.69) is 0 Å². The number of carboxylic acid groups (broad SMARTS) is 1. The van der Waals surface area contributed by atoms with Crippen molar-refractivity contribution in [2.24, 2.45) is 11.7 Å². The van der Waals surface area contributed by atoms with E-state index in [0.29, 0.717) is 12.0 Å². The fraction of sp³-hybridized carbons (Fsp3) is 0.364. The molecule has 0 aliphatic carbocycles. The summed E-state index contributed by atoms with van der Waals surface area (Å²) >= 11 is 5.61. The predicted octanol–water partition coefficient (Wildman–Crippen LogP) is 2.59. The Kier molecular flexibility index (Phi) is 4.26. The second kappa shape index (κ2) is 5.27. The second-order valence-corrected chi connectivity index (χ2v) is 3.96. The van der Waals surface area contributed by atoms with Gasteiger partial charge in [-0.05, 0) is 24.1 Å². The zero-order chi connectivity index (χ0) is 12.3. The summed E-state index contributed by atoms with van der Waals surface area (Å²) in [6.07, 6.45) is 0.408. The van der Waals surface area contributed by atoms with E-state index in [-0.39, 0.29) is 5.02 Å². The quantitative estimate of drug-likeness (QED) is 0.857. The van der Waals surface area contributed by atoms with Crippen LogP contribution in [0, 0.1) is 11.7 Å². The Balaban J connectivity index is 2.99. The molecule has 2 unspecified atom stereocenters. The lowest BCUT2D eigenvalue weighted by Gasteiger charge is -2.19. The molecule has 16 heavy (non-hydrogen) atoms. The molecule has 0 aliphatic heterocycles. The Hall–Kier alpha value is -1.13. The fourth-order valence-corrected chi connectivity index (χ4v) is 1.72. The minimum absolute atomic E-state index is 0.0480. The van der Waals surface area contributed by atoms with E-state index in [0.717, 1.165) is 0 Å². The highest BCUT2D eigenvalue weighted by atomic mass is 35.5. The van der Waals surface area contributed by atoms with Crippen molar-refractivity contribution < 1.29 is 14.3 Å². The van der Waals surface area contributed by atoms with Crippen LogP contribution in [0.15, 0.2) is 18.2 Å². The maximum atomic E-state index is 12.9. The zero-order valence-electron chi connectivity index (χ0n) is 8.78. The van der Waals surface area contributed by atoms with Gasteiger partial charge in [0.2, 0.25) is 0 Å². The number of carboxylic acids is 1. The van der Waals surface area contributed by atoms with Crippen molar-refractivity contribution in [3.63, 3.8) is 0 Å². The molecular formula is C11H13ClFNO2. The number of carbonyl (C=O) groups is 1. The maximum absolute atomic E-state index is 12.9. The van der Waals surface area contributed by atoms with Crippen LogP contribution in [0.4, 0.5) is 4.39 Å². The van der Waals surface area contributed by atoms with Crippen LogP contribution >= 0.6 is 11.6 Å². The summed E-state index contributed by atoms with van der Waals surface area (Å²) in [5, 5.41) is 8.89. The highest BCUT2D eigenvalue weighted by molar-refractivity contribution is 6.30. The van der Waals surface area contributed by atoms with Gasteiger partial charge >= 0.3 is 5.97 Å². The Bertz CT molecular complexity index is 398. The van der Waals surface area contributed by atoms with Crippen molar-refractivity contribution in [3.8, 4) is 0 Å². The van der Waals surface area contributed by atoms with Crippen LogP contribution in [0.1, 0.15) is 24.9 Å². The van der Waals surface area contributed by atoms with Crippen LogP contribution < -0.4 is 5.73 Å². The summed E-state index contributed by atoms with van der Waals surface area (Å²) in [6.45, 7) is 1.74. The molecule has 0 amide bonds. The van der Waals surface area contributed by atoms with Crippen molar-refractivity contribution >= 4 is 17.6 Å². The molecule has 0 aliphatic rings. The van der Waals surface area contributed by atoms with E-state index in [1.165, 1.54) is 18.2 Å². The first-order valence-electron chi connectivity index (χ1n) is 4.90. The normalized spacial score (nSPS) is 14.5. The average molecular weight is 246 g/mol. The molecular weight excluding hydrogens is 233 g/mol. The molecule has 0 fully saturated rings. The first kappa shape index (κ1) is 12.9. The molecule has 0 bridgehead atoms. The van der Waals surface area contributed by atoms with E-state index in [1.807, 2.05) is 0 Å². The Morgan fingerprint density at radius 3 is 2.69 bits per heavy atom. The average Bonchev–Trinajstić information content (AvgIpc) is 2.22. The first-order chi connectivity index (χ1) is 7.47. The maximum Gasteiger partial charge on any atom is 0.308 e. The van der Waals surface area contributed by atoms with Crippen molar-refractivity contribution in [3.05, 3.63) is 34.6 Å². The molecule has 0 heterocycles. The van der Waals surface area contributed by atoms with Crippen molar-refractivity contribution in [1.29, 1.82) is 0 Å². The van der Waals surface area contributed by atoms with E-state index < -0.39 is 23.7 Å². The van der Waals surface area contributed by atoms with E-state index in [1.54, 1.807) is 6.92 Å². The summed E-state index contributed by atoms with van der Waals surface area (Å²) in [5.74, 6) is -2.20. The van der Waals surface area contributed by atoms with Crippen molar-refractivity contribution in [2.75, 3.05) is 0 Å². The number of rotatable bonds is 4. The lowest BCUT2D eigenvalue weighted by molar-refractivity contribution is -0.142. The number of aliphatic carboxylic acids is 1. The molecule has 0 spiro atoms. The van der Waals surface area contributed by atoms with Gasteiger partial charge in [0.15, 0.2) is 0 Å². The summed E-state index contributed by atoms with van der Waals surface area (Å²) < 4.78 is 12.9. The molecule has 1 aromatic carbocycles. The lowest BCUT2D eigenvalue weighted by Crippen LogP contribution is -2.27. The molecule has 3 N–H and O–H groups in total. The van der Waals surface area contributed by atoms with Crippen LogP contribution in [0.25, 0.3) is 0 Å². The summed E-state index contributed by atoms with van der Waals surface area (Å²) in [6, 6.07) is 3.33. The molecule has 0 saturated heterocycles. The molecule has 0 radical (unpaired) electrons. The SMILES string of the molecule is CCC(C(=O)O)C(N)c1ccc(F)c(Cl)c1. The third-order valence-electron chi connectivity index (χ3n) is 2.52. The number of halogens is 2. The third kappa shape index (κ3) is 2.71. The van der Waals surface area contributed by atoms with Gasteiger partial charge in [-0.25, -0.2) is 4.39 Å². The lowest BCUT2D eigenvalue weighted by atomic mass is 9.92. The Morgan fingerprint density at radius 1 is 1.62 bits per heavy atom. The molecule has 0 saturated carbocycles. The van der Waals surface area contributed by atoms with Gasteiger partial charge in [0.25, 0.3) is 0 Å². The van der Waals surface area contributed by atoms with Gasteiger partial charge in [-0.2, -0.15) is 0 Å². The second-order valence-electron chi connectivity index (χ2n) is 3.55. The van der Waals surface area contributed by atoms with Gasteiger partial charge < -0.3 is 10.8 Å². The minimum Gasteiger partial charge on any atom is -0.481 e. The number of hydrogen-bond donors (Lipinski definition) is 2. The highest BCUT2D eigenvalue weighted by Crippen LogP contribution is 2.26. The topological polar surface area (TPSA) is 63.3 Å². The molecule has 3 nitrogen and oxygen atoms in total. The Labute approximate surface area is 98.0 Å². The number of nitrogens with two attached hydrogens (primary N) is 1. The van der Waals surface area contributed by atoms with E-state index >= 15 is 0 Å². The van der Waals surface area contributed by atoms with Crippen molar-refractivity contribution in [1.82, 2.24) is 0 Å². The van der Waals surface area contributed by atoms with Crippen LogP contribution in [0.2, 0.25) is 5.02 Å². The number of hydrogen-bond acceptors (Lipinski definition) is 2. The van der Waals surface area contributed by atoms with Gasteiger partial charge in [-0.15, -0.1) is 0 Å². The smallest absolute Gasteiger partial charge is 0.308 e. The number of benzene rings is 1. The van der Waals surface area contributed by atoms with Gasteiger partial charge in [0.1, 0.15) is 5.82 Å². The third-order valence-corrected chi connectivity index (χ3v) is 2.81. The predicted molar refractivity (Wildman–Crippen MR) is 59.8 cm³/mol. The first-order valence-corrected chi connectivity index (χ1v) is 5.28. The van der Waals surface area contributed by atoms with Gasteiger partial charge in [0.05, 0.1) is 10.9 Å². The van der Waals surface area contributed by atoms with Gasteiger partial charge in [0, 0.05) is 6.04 Å².